The van der Waals surface area contributed by atoms with Gasteiger partial charge in [-0.1, -0.05) is 31.2 Å². The lowest BCUT2D eigenvalue weighted by Gasteiger charge is -2.09. The molecule has 0 spiro atoms. The van der Waals surface area contributed by atoms with Gasteiger partial charge in [-0.3, -0.25) is 9.78 Å². The highest BCUT2D eigenvalue weighted by Gasteiger charge is 2.16. The van der Waals surface area contributed by atoms with Gasteiger partial charge in [-0.25, -0.2) is 13.1 Å². The fraction of sp³-hybridized carbons (Fsp3) is 0.143. The number of pyridine rings is 1. The van der Waals surface area contributed by atoms with Gasteiger partial charge < -0.3 is 5.32 Å². The van der Waals surface area contributed by atoms with Gasteiger partial charge in [0.2, 0.25) is 10.0 Å². The number of aryl methyl sites for hydroxylation is 1. The monoisotopic (exact) mass is 395 g/mol. The molecule has 3 rings (SSSR count). The third-order valence-corrected chi connectivity index (χ3v) is 5.59. The molecule has 144 valence electrons. The van der Waals surface area contributed by atoms with E-state index in [9.17, 15) is 13.2 Å². The number of amides is 1. The van der Waals surface area contributed by atoms with E-state index >= 15 is 0 Å². The van der Waals surface area contributed by atoms with E-state index < -0.39 is 10.0 Å². The molecule has 1 amide bonds. The lowest BCUT2D eigenvalue weighted by Crippen LogP contribution is -2.24. The highest BCUT2D eigenvalue weighted by atomic mass is 32.2. The molecular weight excluding hydrogens is 374 g/mol. The van der Waals surface area contributed by atoms with E-state index in [4.69, 9.17) is 0 Å². The van der Waals surface area contributed by atoms with Crippen molar-refractivity contribution in [3.63, 3.8) is 0 Å². The van der Waals surface area contributed by atoms with Gasteiger partial charge in [0.1, 0.15) is 0 Å². The molecule has 2 aromatic carbocycles. The second kappa shape index (κ2) is 8.77. The molecule has 1 aromatic heterocycles. The van der Waals surface area contributed by atoms with Gasteiger partial charge in [-0.15, -0.1) is 0 Å². The summed E-state index contributed by atoms with van der Waals surface area (Å²) in [6.07, 6.45) is 2.52. The first-order chi connectivity index (χ1) is 13.5. The van der Waals surface area contributed by atoms with Crippen LogP contribution in [0.2, 0.25) is 0 Å². The maximum absolute atomic E-state index is 12.5. The van der Waals surface area contributed by atoms with E-state index in [2.05, 4.69) is 21.9 Å². The van der Waals surface area contributed by atoms with Gasteiger partial charge in [-0.2, -0.15) is 0 Å². The highest BCUT2D eigenvalue weighted by molar-refractivity contribution is 7.89. The molecule has 0 atom stereocenters. The molecule has 3 aromatic rings. The summed E-state index contributed by atoms with van der Waals surface area (Å²) in [5.74, 6) is -0.369. The molecule has 6 nitrogen and oxygen atoms in total. The minimum Gasteiger partial charge on any atom is -0.322 e. The molecule has 0 fully saturated rings. The van der Waals surface area contributed by atoms with Crippen molar-refractivity contribution in [2.45, 2.75) is 24.8 Å². The van der Waals surface area contributed by atoms with Crippen LogP contribution in [0, 0.1) is 0 Å². The summed E-state index contributed by atoms with van der Waals surface area (Å²) in [6.45, 7) is 2.13. The first-order valence-corrected chi connectivity index (χ1v) is 10.4. The van der Waals surface area contributed by atoms with Gasteiger partial charge in [-0.05, 0) is 54.4 Å². The molecule has 2 N–H and O–H groups in total. The summed E-state index contributed by atoms with van der Waals surface area (Å²) in [4.78, 5) is 16.6. The number of nitrogens with zero attached hydrogens (tertiary/aromatic N) is 1. The Hall–Kier alpha value is -3.03. The van der Waals surface area contributed by atoms with Crippen LogP contribution in [0.4, 0.5) is 5.69 Å². The van der Waals surface area contributed by atoms with Gasteiger partial charge in [0.25, 0.3) is 5.91 Å². The van der Waals surface area contributed by atoms with Crippen LogP contribution in [0.5, 0.6) is 0 Å². The molecule has 0 unspecified atom stereocenters. The molecule has 1 heterocycles. The number of carbonyl (C=O) groups is 1. The summed E-state index contributed by atoms with van der Waals surface area (Å²) in [6, 6.07) is 18.7. The van der Waals surface area contributed by atoms with Crippen LogP contribution in [0.1, 0.15) is 28.5 Å². The number of rotatable bonds is 7. The van der Waals surface area contributed by atoms with Crippen molar-refractivity contribution in [1.29, 1.82) is 0 Å². The summed E-state index contributed by atoms with van der Waals surface area (Å²) < 4.78 is 27.6. The summed E-state index contributed by atoms with van der Waals surface area (Å²) in [7, 11) is -3.77. The lowest BCUT2D eigenvalue weighted by molar-refractivity contribution is 0.102. The van der Waals surface area contributed by atoms with E-state index in [1.165, 1.54) is 17.7 Å². The maximum atomic E-state index is 12.5. The number of sulfonamides is 1. The van der Waals surface area contributed by atoms with E-state index in [0.717, 1.165) is 6.42 Å². The number of benzene rings is 2. The molecule has 28 heavy (non-hydrogen) atoms. The normalized spacial score (nSPS) is 11.2. The van der Waals surface area contributed by atoms with E-state index in [1.54, 1.807) is 36.5 Å². The van der Waals surface area contributed by atoms with Gasteiger partial charge in [0.05, 0.1) is 17.1 Å². The number of nitrogens with one attached hydrogen (secondary N) is 2. The van der Waals surface area contributed by atoms with Crippen LogP contribution < -0.4 is 10.0 Å². The predicted octanol–water partition coefficient (Wildman–Crippen LogP) is 3.37. The zero-order valence-electron chi connectivity index (χ0n) is 15.4. The Kier molecular flexibility index (Phi) is 6.18. The second-order valence-electron chi connectivity index (χ2n) is 6.18. The Morgan fingerprint density at radius 3 is 2.46 bits per heavy atom. The van der Waals surface area contributed by atoms with E-state index in [-0.39, 0.29) is 22.9 Å². The summed E-state index contributed by atoms with van der Waals surface area (Å²) >= 11 is 0. The first-order valence-electron chi connectivity index (χ1n) is 8.88. The Morgan fingerprint density at radius 1 is 1.00 bits per heavy atom. The quantitative estimate of drug-likeness (QED) is 0.642. The maximum Gasteiger partial charge on any atom is 0.255 e. The zero-order valence-corrected chi connectivity index (χ0v) is 16.2. The van der Waals surface area contributed by atoms with Gasteiger partial charge >= 0.3 is 0 Å². The van der Waals surface area contributed by atoms with Crippen LogP contribution in [-0.2, 0) is 23.0 Å². The van der Waals surface area contributed by atoms with Crippen molar-refractivity contribution in [2.75, 3.05) is 5.32 Å². The molecule has 0 radical (unpaired) electrons. The number of anilines is 1. The van der Waals surface area contributed by atoms with Crippen LogP contribution in [0.3, 0.4) is 0 Å². The number of hydrogen-bond acceptors (Lipinski definition) is 4. The fourth-order valence-electron chi connectivity index (χ4n) is 2.59. The Morgan fingerprint density at radius 2 is 1.79 bits per heavy atom. The van der Waals surface area contributed by atoms with Gasteiger partial charge in [0, 0.05) is 17.4 Å². The van der Waals surface area contributed by atoms with Crippen molar-refractivity contribution in [2.24, 2.45) is 0 Å². The van der Waals surface area contributed by atoms with Crippen LogP contribution in [0.15, 0.2) is 77.8 Å². The van der Waals surface area contributed by atoms with Crippen LogP contribution in [-0.4, -0.2) is 19.3 Å². The molecule has 7 heteroatoms. The van der Waals surface area contributed by atoms with Crippen molar-refractivity contribution in [3.8, 4) is 0 Å². The van der Waals surface area contributed by atoms with Crippen molar-refractivity contribution >= 4 is 21.6 Å². The zero-order chi connectivity index (χ0) is 20.0. The third-order valence-electron chi connectivity index (χ3n) is 4.20. The third kappa shape index (κ3) is 5.03. The topological polar surface area (TPSA) is 88.2 Å². The van der Waals surface area contributed by atoms with Crippen LogP contribution in [0.25, 0.3) is 0 Å². The molecular formula is C21H21N3O3S. The minimum absolute atomic E-state index is 0.0254. The average Bonchev–Trinajstić information content (AvgIpc) is 2.74. The number of aromatic nitrogens is 1. The molecule has 0 aliphatic rings. The predicted molar refractivity (Wildman–Crippen MR) is 108 cm³/mol. The van der Waals surface area contributed by atoms with Crippen molar-refractivity contribution < 1.29 is 13.2 Å². The Labute approximate surface area is 164 Å². The van der Waals surface area contributed by atoms with Crippen molar-refractivity contribution in [3.05, 3.63) is 89.7 Å². The molecule has 0 bridgehead atoms. The van der Waals surface area contributed by atoms with E-state index in [1.807, 2.05) is 24.3 Å². The highest BCUT2D eigenvalue weighted by Crippen LogP contribution is 2.15. The lowest BCUT2D eigenvalue weighted by atomic mass is 10.1. The first kappa shape index (κ1) is 19.7. The molecule has 0 saturated heterocycles. The molecule has 0 saturated carbocycles. The fourth-order valence-corrected chi connectivity index (χ4v) is 3.63. The Bertz CT molecular complexity index is 1050. The summed E-state index contributed by atoms with van der Waals surface area (Å²) in [5.41, 5.74) is 2.70. The molecule has 0 aliphatic carbocycles. The van der Waals surface area contributed by atoms with E-state index in [0.29, 0.717) is 11.4 Å². The largest absolute Gasteiger partial charge is 0.322 e. The minimum atomic E-state index is -3.77. The number of hydrogen-bond donors (Lipinski definition) is 2. The summed E-state index contributed by atoms with van der Waals surface area (Å²) in [5, 5.41) is 2.78. The smallest absolute Gasteiger partial charge is 0.255 e. The Balaban J connectivity index is 1.72. The average molecular weight is 395 g/mol. The van der Waals surface area contributed by atoms with Gasteiger partial charge in [0.15, 0.2) is 0 Å². The van der Waals surface area contributed by atoms with Crippen molar-refractivity contribution in [1.82, 2.24) is 9.71 Å². The van der Waals surface area contributed by atoms with Crippen LogP contribution >= 0.6 is 0 Å². The molecule has 0 aliphatic heterocycles. The SMILES string of the molecule is CCc1ccc(NC(=O)c2cccc(S(=O)(=O)NCc3ccccn3)c2)cc1. The standard InChI is InChI=1S/C21H21N3O3S/c1-2-16-9-11-18(12-10-16)24-21(25)17-6-5-8-20(14-17)28(26,27)23-15-19-7-3-4-13-22-19/h3-14,23H,2,15H2,1H3,(H,24,25). The second-order valence-corrected chi connectivity index (χ2v) is 7.95. The number of carbonyl (C=O) groups excluding carboxylic acids is 1.